The van der Waals surface area contributed by atoms with Crippen molar-refractivity contribution in [3.05, 3.63) is 217 Å². The number of benzene rings is 6. The molecule has 0 spiro atoms. The summed E-state index contributed by atoms with van der Waals surface area (Å²) in [5.74, 6) is -3.54. The molecule has 2 saturated heterocycles. The van der Waals surface area contributed by atoms with E-state index in [4.69, 9.17) is 35.6 Å². The number of carbonyl (C=O) groups is 8. The zero-order valence-electron chi connectivity index (χ0n) is 66.4. The van der Waals surface area contributed by atoms with Gasteiger partial charge in [0.1, 0.15) is 70.2 Å². The van der Waals surface area contributed by atoms with Gasteiger partial charge in [-0.25, -0.2) is 14.4 Å². The summed E-state index contributed by atoms with van der Waals surface area (Å²) in [4.78, 5) is 117. The number of ether oxygens (including phenoxy) is 2. The highest BCUT2D eigenvalue weighted by Crippen LogP contribution is 2.48. The van der Waals surface area contributed by atoms with Crippen LogP contribution in [0.2, 0.25) is 0 Å². The van der Waals surface area contributed by atoms with Crippen molar-refractivity contribution >= 4 is 47.7 Å². The van der Waals surface area contributed by atoms with Crippen LogP contribution in [0.1, 0.15) is 194 Å². The number of rotatable bonds is 17. The molecule has 2 unspecified atom stereocenters. The van der Waals surface area contributed by atoms with E-state index < -0.39 is 83.2 Å². The van der Waals surface area contributed by atoms with Crippen molar-refractivity contribution in [3.63, 3.8) is 0 Å². The van der Waals surface area contributed by atoms with Crippen LogP contribution in [0, 0.1) is 11.8 Å². The summed E-state index contributed by atoms with van der Waals surface area (Å²) < 4.78 is 11.4. The highest BCUT2D eigenvalue weighted by Gasteiger charge is 2.63. The van der Waals surface area contributed by atoms with E-state index in [2.05, 4.69) is 50.9 Å². The van der Waals surface area contributed by atoms with Crippen LogP contribution in [0.25, 0.3) is 45.0 Å². The van der Waals surface area contributed by atoms with Gasteiger partial charge in [-0.15, -0.1) is 0 Å². The van der Waals surface area contributed by atoms with E-state index in [0.29, 0.717) is 67.8 Å². The first-order chi connectivity index (χ1) is 57.1. The minimum atomic E-state index is -1.42. The molecule has 25 nitrogen and oxygen atoms in total. The Morgan fingerprint density at radius 2 is 0.785 bits per heavy atom. The summed E-state index contributed by atoms with van der Waals surface area (Å²) in [6.45, 7) is 1.41. The smallest absolute Gasteiger partial charge is 0.408 e. The summed E-state index contributed by atoms with van der Waals surface area (Å²) in [5, 5.41) is 44.9. The van der Waals surface area contributed by atoms with Crippen molar-refractivity contribution in [3.8, 4) is 45.0 Å². The van der Waals surface area contributed by atoms with Crippen LogP contribution in [0.15, 0.2) is 206 Å². The number of nitrogens with zero attached hydrogens (tertiary/aromatic N) is 8. The highest BCUT2D eigenvalue weighted by atomic mass is 16.6. The van der Waals surface area contributed by atoms with Gasteiger partial charge in [0.2, 0.25) is 29.5 Å². The summed E-state index contributed by atoms with van der Waals surface area (Å²) in [6, 6.07) is 54.6. The van der Waals surface area contributed by atoms with E-state index in [0.717, 1.165) is 131 Å². The molecule has 7 amide bonds. The molecule has 121 heavy (non-hydrogen) atoms. The maximum atomic E-state index is 14.8. The monoisotopic (exact) mass is 1650 g/mol. The predicted molar refractivity (Wildman–Crippen MR) is 471 cm³/mol. The first-order valence-corrected chi connectivity index (χ1v) is 42.1. The number of hydrogen-bond donors (Lipinski definition) is 7. The Bertz CT molecular complexity index is 4640. The molecule has 25 heteroatoms. The van der Waals surface area contributed by atoms with Crippen molar-refractivity contribution in [2.24, 2.45) is 17.6 Å². The van der Waals surface area contributed by atoms with Crippen molar-refractivity contribution in [2.75, 3.05) is 26.2 Å². The molecule has 8 N–H and O–H groups in total. The maximum Gasteiger partial charge on any atom is 0.408 e. The largest absolute Gasteiger partial charge is 0.479 e. The molecule has 6 heterocycles. The van der Waals surface area contributed by atoms with Crippen LogP contribution in [0.4, 0.5) is 9.59 Å². The first kappa shape index (κ1) is 91.7. The Morgan fingerprint density at radius 1 is 0.446 bits per heavy atom. The molecule has 2 aromatic heterocycles. The molecule has 16 rings (SSSR count). The molecule has 6 fully saturated rings. The molecule has 644 valence electrons. The number of aromatic nitrogens is 6. The van der Waals surface area contributed by atoms with Crippen molar-refractivity contribution in [1.29, 1.82) is 0 Å². The number of amides is 7. The summed E-state index contributed by atoms with van der Waals surface area (Å²) in [6.07, 6.45) is 23.7. The Balaban J connectivity index is 0.000000225. The Labute approximate surface area is 712 Å². The fourth-order valence-electron chi connectivity index (χ4n) is 17.2. The number of nitrogens with one attached hydrogen (secondary N) is 5. The third kappa shape index (κ3) is 22.9. The number of carbonyl (C=O) groups excluding carboxylic acids is 7. The van der Waals surface area contributed by atoms with Gasteiger partial charge in [-0.2, -0.15) is 30.0 Å². The molecular weight excluding hydrogens is 1530 g/mol. The third-order valence-electron chi connectivity index (χ3n) is 24.0. The van der Waals surface area contributed by atoms with Crippen LogP contribution in [0.5, 0.6) is 0 Å². The summed E-state index contributed by atoms with van der Waals surface area (Å²) >= 11 is 0. The van der Waals surface area contributed by atoms with Crippen molar-refractivity contribution < 1.29 is 52.9 Å². The second kappa shape index (κ2) is 43.6. The molecule has 4 aliphatic heterocycles. The molecule has 0 radical (unpaired) electrons. The highest BCUT2D eigenvalue weighted by molar-refractivity contribution is 5.99. The van der Waals surface area contributed by atoms with Gasteiger partial charge in [0.15, 0.2) is 0 Å². The number of nitrogens with two attached hydrogens (primary N) is 1. The number of alkyl carbamates (subject to hydrolysis) is 2. The maximum absolute atomic E-state index is 14.8. The fourth-order valence-corrected chi connectivity index (χ4v) is 17.2. The van der Waals surface area contributed by atoms with E-state index >= 15 is 0 Å². The van der Waals surface area contributed by atoms with Crippen LogP contribution in [-0.4, -0.2) is 166 Å². The lowest BCUT2D eigenvalue weighted by Crippen LogP contribution is -2.58. The second-order valence-corrected chi connectivity index (χ2v) is 32.2. The topological polar surface area (TPSA) is 329 Å². The number of allylic oxidation sites excluding steroid dienone is 2. The van der Waals surface area contributed by atoms with Gasteiger partial charge < -0.3 is 56.7 Å². The lowest BCUT2D eigenvalue weighted by Gasteiger charge is -2.30. The molecule has 4 saturated carbocycles. The Morgan fingerprint density at radius 3 is 1.16 bits per heavy atom. The van der Waals surface area contributed by atoms with Crippen LogP contribution < -0.4 is 32.3 Å². The quantitative estimate of drug-likeness (QED) is 0.0417. The van der Waals surface area contributed by atoms with Gasteiger partial charge in [-0.3, -0.25) is 24.0 Å². The predicted octanol–water partition coefficient (Wildman–Crippen LogP) is 15.5. The standard InChI is InChI=1S/C46H53N7O5.C38H44N6O6.C8H11N.4CH4/c54-42-39-29-36(53-50-40(33-19-9-5-10-20-33)41(51-53)34-21-11-6-12-22-34)31-52(39)43(55)38(48-45(57)58-37-24-15-16-25-37)26-14-3-1-2-13-23-35-30-46(35,49-42)44(56)47-28-27-32-17-7-4-8-18-32;45-34-31-22-28(44-41-32(25-14-6-4-7-15-25)33(42-44)26-16-8-5-9-17-26)24-43(31)35(46)30(39-37(49)50-29-19-12-13-20-29)21-11-3-1-2-10-18-27-23-38(27,40-34)36(47)48;9-7-6-8-4-2-1-3-5-8;;;;/h4-13,17-23,35-39H,1-3,14-16,24-31H2,(H,47,56)(H,48,57)(H,49,54);4-10,14-18,27-31H,1-3,11-13,19-24H2,(H,39,49)(H,40,45)(H,47,48);1-5H,6-7,9H2;4*1H4/b23-13-;18-10-;;;;;/t35?,36-,38+,39+,46-;27?,28-,30+,31+,38-;;;;;/m11...../s1. The molecular formula is C96H124N14O11. The minimum absolute atomic E-state index is 0. The van der Waals surface area contributed by atoms with Crippen LogP contribution >= 0.6 is 0 Å². The number of fused-ring (bicyclic) bond motifs is 4. The lowest BCUT2D eigenvalue weighted by atomic mass is 10.0. The van der Waals surface area contributed by atoms with E-state index in [9.17, 15) is 43.5 Å². The van der Waals surface area contributed by atoms with Gasteiger partial charge in [0, 0.05) is 66.6 Å². The van der Waals surface area contributed by atoms with Crippen molar-refractivity contribution in [2.45, 2.75) is 243 Å². The van der Waals surface area contributed by atoms with Gasteiger partial charge in [0.25, 0.3) is 0 Å². The van der Waals surface area contributed by atoms with E-state index in [1.165, 1.54) is 10.5 Å². The van der Waals surface area contributed by atoms with E-state index in [1.54, 1.807) is 14.5 Å². The van der Waals surface area contributed by atoms with E-state index in [1.807, 2.05) is 182 Å². The first-order valence-electron chi connectivity index (χ1n) is 42.1. The molecule has 8 aromatic rings. The lowest BCUT2D eigenvalue weighted by molar-refractivity contribution is -0.145. The SMILES string of the molecule is C.C.C.C.NCCc1ccccc1.O=C(N[C@H]1CCCCC/C=C\C2C[C@@]2(C(=O)NCCc2ccccc2)NC(=O)[C@@H]2C[C@@H](n3nc(-c4ccccc4)c(-c4ccccc4)n3)CN2C1=O)OC1CCCC1.O=C(N[C@H]1CCCCC/C=C\C2C[C@@]2(C(=O)O)NC(=O)[C@@H]2C[C@@H](n3nc(-c4ccccc4)c(-c4ccccc4)n3)CN2C1=O)OC1CCCC1. The Kier molecular flexibility index (Phi) is 33.0. The Hall–Kier alpha value is -11.6. The molecule has 0 bridgehead atoms. The fraction of sp³-hybridized carbons (Fsp3) is 0.458. The van der Waals surface area contributed by atoms with Gasteiger partial charge in [-0.1, -0.05) is 262 Å². The van der Waals surface area contributed by atoms with Crippen molar-refractivity contribution in [1.82, 2.24) is 66.4 Å². The van der Waals surface area contributed by atoms with Gasteiger partial charge in [-0.05, 0) is 133 Å². The van der Waals surface area contributed by atoms with Crippen LogP contribution in [0.3, 0.4) is 0 Å². The summed E-state index contributed by atoms with van der Waals surface area (Å²) in [7, 11) is 0. The summed E-state index contributed by atoms with van der Waals surface area (Å²) in [5.41, 5.74) is 11.5. The van der Waals surface area contributed by atoms with E-state index in [-0.39, 0.29) is 97.9 Å². The molecule has 10 atom stereocenters. The van der Waals surface area contributed by atoms with Crippen LogP contribution in [-0.2, 0) is 51.1 Å². The average Bonchev–Trinajstić information content (AvgIpc) is 1.57. The third-order valence-corrected chi connectivity index (χ3v) is 24.0. The molecule has 8 aliphatic rings. The zero-order valence-corrected chi connectivity index (χ0v) is 66.4. The minimum Gasteiger partial charge on any atom is -0.479 e. The zero-order chi connectivity index (χ0) is 81.1. The average molecular weight is 1650 g/mol. The number of carboxylic acid groups (broad SMARTS) is 1. The normalized spacial score (nSPS) is 24.6. The van der Waals surface area contributed by atoms with Gasteiger partial charge >= 0.3 is 18.2 Å². The number of aliphatic carboxylic acids is 1. The van der Waals surface area contributed by atoms with Gasteiger partial charge in [0.05, 0.1) is 12.1 Å². The molecule has 4 aliphatic carbocycles. The second-order valence-electron chi connectivity index (χ2n) is 32.2. The molecule has 6 aromatic carbocycles. The number of hydrogen-bond acceptors (Lipinski definition) is 15. The number of carboxylic acids is 1.